The van der Waals surface area contributed by atoms with Gasteiger partial charge in [0.15, 0.2) is 0 Å². The molecule has 3 atom stereocenters. The fourth-order valence-electron chi connectivity index (χ4n) is 15.3. The Hall–Kier alpha value is -8.51. The molecule has 0 saturated heterocycles. The first-order valence-corrected chi connectivity index (χ1v) is 51.8. The van der Waals surface area contributed by atoms with Gasteiger partial charge in [0.25, 0.3) is 0 Å². The number of likely N-dealkylation sites (N-methyl/N-ethyl adjacent to an activating group) is 1. The van der Waals surface area contributed by atoms with Gasteiger partial charge in [-0.15, -0.1) is 0 Å². The minimum Gasteiger partial charge on any atom is -0.744 e. The van der Waals surface area contributed by atoms with Crippen LogP contribution in [0.3, 0.4) is 0 Å². The van der Waals surface area contributed by atoms with E-state index in [-0.39, 0.29) is 107 Å². The lowest BCUT2D eigenvalue weighted by molar-refractivity contribution is -0.903. The first-order valence-electron chi connectivity index (χ1n) is 50.4. The first kappa shape index (κ1) is 123. The van der Waals surface area contributed by atoms with Crippen molar-refractivity contribution in [2.24, 2.45) is 22.7 Å². The molecular weight excluding hydrogens is 1730 g/mol. The van der Waals surface area contributed by atoms with Gasteiger partial charge in [0.05, 0.1) is 41.7 Å². The lowest BCUT2D eigenvalue weighted by Gasteiger charge is -2.34. The van der Waals surface area contributed by atoms with Crippen LogP contribution in [0.2, 0.25) is 0 Å². The second-order valence-electron chi connectivity index (χ2n) is 49.7. The molecule has 0 aliphatic rings. The van der Waals surface area contributed by atoms with Crippen LogP contribution in [0.15, 0.2) is 102 Å². The number of benzene rings is 7. The predicted molar refractivity (Wildman–Crippen MR) is 569 cm³/mol. The fourth-order valence-corrected chi connectivity index (χ4v) is 15.8. The molecule has 137 heavy (non-hydrogen) atoms. The molecule has 0 saturated carbocycles. The Morgan fingerprint density at radius 3 is 1.09 bits per heavy atom. The molecule has 0 aromatic heterocycles. The van der Waals surface area contributed by atoms with Crippen LogP contribution in [0, 0.1) is 43.4 Å². The normalized spacial score (nSPS) is 13.5. The van der Waals surface area contributed by atoms with Crippen molar-refractivity contribution < 1.29 is 76.0 Å². The fraction of sp³-hybridized carbons (Fsp3) is 0.617. The molecule has 3 unspecified atom stereocenters. The lowest BCUT2D eigenvalue weighted by Crippen LogP contribution is -2.42. The van der Waals surface area contributed by atoms with Crippen molar-refractivity contribution in [1.29, 1.82) is 0 Å². The number of aryl methyl sites for hydroxylation is 3. The summed E-state index contributed by atoms with van der Waals surface area (Å²) in [6.45, 7) is 94.6. The summed E-state index contributed by atoms with van der Waals surface area (Å²) < 4.78 is 55.4. The number of hydrogen-bond donors (Lipinski definition) is 4. The van der Waals surface area contributed by atoms with Crippen LogP contribution in [-0.4, -0.2) is 89.0 Å². The van der Waals surface area contributed by atoms with E-state index < -0.39 is 20.9 Å². The first-order chi connectivity index (χ1) is 62.0. The molecule has 0 aliphatic heterocycles. The van der Waals surface area contributed by atoms with E-state index in [1.807, 2.05) is 94.4 Å². The van der Waals surface area contributed by atoms with E-state index in [9.17, 15) is 52.6 Å². The summed E-state index contributed by atoms with van der Waals surface area (Å²) in [7, 11) is 0.0343. The van der Waals surface area contributed by atoms with Gasteiger partial charge in [0.2, 0.25) is 0 Å². The molecule has 0 amide bonds. The number of nitrogens with zero attached hydrogens (tertiary/aromatic N) is 1. The second-order valence-corrected chi connectivity index (χ2v) is 51.1. The Balaban J connectivity index is 0.000000460. The van der Waals surface area contributed by atoms with Crippen LogP contribution in [0.5, 0.6) is 34.5 Å². The van der Waals surface area contributed by atoms with E-state index in [4.69, 9.17) is 18.9 Å². The Kier molecular flexibility index (Phi) is 42.4. The highest BCUT2D eigenvalue weighted by Crippen LogP contribution is 2.51. The number of quaternary nitrogens is 1. The zero-order chi connectivity index (χ0) is 106. The SMILES string of the molecule is CCC(C)(C)C(=O)OCC[N+](C)(C)Cc1cc(C(C)(C)C)c(O)c(C(C)(C)C)c1.CCC(C)(C)C(=O)OCc1cc(C(C)(C)C)c(O)c(C(C)(C)C)c1.CCC(C)C(=O)Oc1c(C(C)c2cc(C(C)(C)CC)cc(C(C)(C)CC)c2O)cc(C(C)(C)CC)cc1C(C)(C)CC.CCC(C)C(=O)Oc1c(Cc2cc(C)cc(C(C)(C)C)c2O)cc(C)cc1C(C)(C)C.Cc1ccc(S(=O)(=O)[O-])cc1. The third-order valence-corrected chi connectivity index (χ3v) is 29.3. The molecule has 768 valence electrons. The van der Waals surface area contributed by atoms with Crippen LogP contribution < -0.4 is 9.47 Å². The minimum atomic E-state index is -4.27. The van der Waals surface area contributed by atoms with Crippen LogP contribution in [-0.2, 0) is 112 Å². The van der Waals surface area contributed by atoms with Crippen molar-refractivity contribution in [3.05, 3.63) is 203 Å². The quantitative estimate of drug-likeness (QED) is 0.0142. The highest BCUT2D eigenvalue weighted by Gasteiger charge is 2.39. The maximum absolute atomic E-state index is 13.4. The average Bonchev–Trinajstić information content (AvgIpc) is 0.745. The number of phenolic OH excluding ortho intramolecular Hbond substituents is 4. The summed E-state index contributed by atoms with van der Waals surface area (Å²) in [4.78, 5) is 50.4. The number of ether oxygens (including phenoxy) is 4. The van der Waals surface area contributed by atoms with Gasteiger partial charge < -0.3 is 48.4 Å². The second kappa shape index (κ2) is 47.4. The Morgan fingerprint density at radius 2 is 0.715 bits per heavy atom. The molecule has 0 heterocycles. The van der Waals surface area contributed by atoms with E-state index in [1.165, 1.54) is 28.8 Å². The summed E-state index contributed by atoms with van der Waals surface area (Å²) in [6.07, 6.45) is 7.26. The summed E-state index contributed by atoms with van der Waals surface area (Å²) in [5.41, 5.74) is 16.7. The zero-order valence-electron chi connectivity index (χ0n) is 94.3. The molecule has 17 heteroatoms. The standard InChI is InChI=1S/C39H62O3.C28H40O3.C25H43NO3.C21H34O3.C7H8O3S/c1-16-25(6)35(41)42-34-30(22-28(37(10,11)18-3)24-32(34)39(14,15)20-5)26(7)29-21-27(36(8,9)17-2)23-31(33(29)40)38(12,13)19-4;1-11-19(4)26(30)31-25-21(13-18(3)15-23(25)28(8,9)10)16-20-12-17(2)14-22(24(20)29)27(5,6)7;1-12-25(8,9)22(28)29-14-13-26(10,11)17-18-15-19(23(2,3)4)21(27)20(16-18)24(5,6)7;1-10-21(8,9)18(23)24-13-14-11-15(19(2,3)4)17(22)16(12-14)20(5,6)7;1-6-2-4-7(5-3-6)11(8,9)10/h21-26,40H,16-20H2,1-15H3;12-15,19,29H,11,16H2,1-10H3;15-16H,12-14,17H2,1-11H3;11-12,22H,10,13H2,1-9H3;2-5H,1H3,(H,8,9,10). The molecule has 0 bridgehead atoms. The molecule has 0 radical (unpaired) electrons. The Bertz CT molecular complexity index is 5280. The molecule has 7 aromatic carbocycles. The maximum Gasteiger partial charge on any atom is 0.314 e. The number of phenols is 4. The van der Waals surface area contributed by atoms with E-state index in [2.05, 4.69) is 297 Å². The number of esters is 4. The van der Waals surface area contributed by atoms with Gasteiger partial charge in [0, 0.05) is 56.8 Å². The van der Waals surface area contributed by atoms with Crippen molar-refractivity contribution in [3.63, 3.8) is 0 Å². The van der Waals surface area contributed by atoms with Gasteiger partial charge in [-0.05, 0) is 235 Å². The Labute approximate surface area is 832 Å². The van der Waals surface area contributed by atoms with E-state index in [1.54, 1.807) is 12.1 Å². The van der Waals surface area contributed by atoms with Gasteiger partial charge in [-0.2, -0.15) is 0 Å². The van der Waals surface area contributed by atoms with Gasteiger partial charge >= 0.3 is 23.9 Å². The summed E-state index contributed by atoms with van der Waals surface area (Å²) in [6, 6.07) is 31.2. The molecule has 4 N–H and O–H groups in total. The predicted octanol–water partition coefficient (Wildman–Crippen LogP) is 30.3. The molecule has 0 fully saturated rings. The van der Waals surface area contributed by atoms with Crippen LogP contribution in [0.25, 0.3) is 0 Å². The van der Waals surface area contributed by atoms with Crippen molar-refractivity contribution in [1.82, 2.24) is 0 Å². The largest absolute Gasteiger partial charge is 0.744 e. The topological polar surface area (TPSA) is 243 Å². The highest BCUT2D eigenvalue weighted by atomic mass is 32.2. The third kappa shape index (κ3) is 34.1. The van der Waals surface area contributed by atoms with Crippen LogP contribution in [0.1, 0.15) is 447 Å². The van der Waals surface area contributed by atoms with Crippen LogP contribution in [0.4, 0.5) is 0 Å². The number of carbonyl (C=O) groups is 4. The monoisotopic (exact) mass is 1910 g/mol. The van der Waals surface area contributed by atoms with Crippen molar-refractivity contribution in [2.45, 2.75) is 441 Å². The molecule has 7 aromatic rings. The van der Waals surface area contributed by atoms with E-state index in [0.717, 1.165) is 153 Å². The lowest BCUT2D eigenvalue weighted by atomic mass is 9.71. The summed E-state index contributed by atoms with van der Waals surface area (Å²) >= 11 is 0. The zero-order valence-corrected chi connectivity index (χ0v) is 95.1. The summed E-state index contributed by atoms with van der Waals surface area (Å²) in [5, 5.41) is 44.7. The summed E-state index contributed by atoms with van der Waals surface area (Å²) in [5.74, 6) is 1.49. The van der Waals surface area contributed by atoms with Gasteiger partial charge in [-0.3, -0.25) is 19.2 Å². The smallest absolute Gasteiger partial charge is 0.314 e. The van der Waals surface area contributed by atoms with Gasteiger partial charge in [0.1, 0.15) is 70.9 Å². The molecule has 7 rings (SSSR count). The van der Waals surface area contributed by atoms with Crippen molar-refractivity contribution in [2.75, 3.05) is 27.2 Å². The van der Waals surface area contributed by atoms with Crippen molar-refractivity contribution >= 4 is 34.0 Å². The number of rotatable bonds is 30. The molecular formula is C120H187NO15S. The number of hydrogen-bond acceptors (Lipinski definition) is 15. The van der Waals surface area contributed by atoms with Gasteiger partial charge in [-0.25, -0.2) is 8.42 Å². The van der Waals surface area contributed by atoms with Crippen LogP contribution >= 0.6 is 0 Å². The third-order valence-electron chi connectivity index (χ3n) is 28.5. The molecule has 0 spiro atoms. The highest BCUT2D eigenvalue weighted by molar-refractivity contribution is 7.85. The maximum atomic E-state index is 13.4. The number of carbonyl (C=O) groups excluding carboxylic acids is 4. The molecule has 16 nitrogen and oxygen atoms in total. The average molecular weight is 1920 g/mol. The van der Waals surface area contributed by atoms with E-state index in [0.29, 0.717) is 52.0 Å². The van der Waals surface area contributed by atoms with E-state index >= 15 is 0 Å². The molecule has 0 aliphatic carbocycles. The van der Waals surface area contributed by atoms with Gasteiger partial charge in [-0.1, -0.05) is 334 Å². The van der Waals surface area contributed by atoms with Crippen molar-refractivity contribution in [3.8, 4) is 34.5 Å². The number of aromatic hydroxyl groups is 4. The minimum absolute atomic E-state index is 0.0476. The Morgan fingerprint density at radius 1 is 0.372 bits per heavy atom.